The molecule has 0 spiro atoms. The van der Waals surface area contributed by atoms with Crippen molar-refractivity contribution in [2.45, 2.75) is 33.1 Å². The van der Waals surface area contributed by atoms with E-state index < -0.39 is 23.9 Å². The van der Waals surface area contributed by atoms with Gasteiger partial charge in [0.1, 0.15) is 0 Å². The molecule has 0 saturated heterocycles. The molecule has 0 unspecified atom stereocenters. The molecule has 2 aromatic rings. The van der Waals surface area contributed by atoms with Crippen LogP contribution in [0.4, 0.5) is 32.0 Å². The standard InChI is InChI=1S/C19H16F6N2/c1-11-9-12(2)15(13(3)10-11)26-16(14-7-5-4-6-8-14)27-17(18(20,21)22)19(23,24)25/h4-10H,1-3H3. The van der Waals surface area contributed by atoms with Gasteiger partial charge in [-0.15, -0.1) is 0 Å². The van der Waals surface area contributed by atoms with Gasteiger partial charge in [-0.2, -0.15) is 26.3 Å². The van der Waals surface area contributed by atoms with E-state index in [1.807, 2.05) is 6.92 Å². The number of alkyl halides is 6. The van der Waals surface area contributed by atoms with E-state index in [0.717, 1.165) is 5.56 Å². The number of amidine groups is 1. The van der Waals surface area contributed by atoms with Crippen LogP contribution in [-0.2, 0) is 0 Å². The van der Waals surface area contributed by atoms with Gasteiger partial charge in [0, 0.05) is 5.56 Å². The van der Waals surface area contributed by atoms with Gasteiger partial charge in [-0.1, -0.05) is 48.0 Å². The average Bonchev–Trinajstić information content (AvgIpc) is 2.51. The van der Waals surface area contributed by atoms with E-state index in [0.29, 0.717) is 11.1 Å². The maximum atomic E-state index is 12.9. The van der Waals surface area contributed by atoms with Crippen LogP contribution < -0.4 is 0 Å². The Labute approximate surface area is 152 Å². The summed E-state index contributed by atoms with van der Waals surface area (Å²) in [5, 5.41) is 0. The van der Waals surface area contributed by atoms with Crippen molar-refractivity contribution in [2.75, 3.05) is 0 Å². The fraction of sp³-hybridized carbons (Fsp3) is 0.263. The third-order valence-electron chi connectivity index (χ3n) is 3.64. The molecule has 2 rings (SSSR count). The quantitative estimate of drug-likeness (QED) is 0.331. The molecule has 0 radical (unpaired) electrons. The van der Waals surface area contributed by atoms with Gasteiger partial charge in [-0.25, -0.2) is 9.98 Å². The summed E-state index contributed by atoms with van der Waals surface area (Å²) in [6.45, 7) is 5.19. The van der Waals surface area contributed by atoms with Crippen molar-refractivity contribution in [1.29, 1.82) is 0 Å². The third-order valence-corrected chi connectivity index (χ3v) is 3.64. The van der Waals surface area contributed by atoms with E-state index in [-0.39, 0.29) is 11.3 Å². The molecule has 8 heteroatoms. The predicted octanol–water partition coefficient (Wildman–Crippen LogP) is 6.26. The van der Waals surface area contributed by atoms with E-state index >= 15 is 0 Å². The lowest BCUT2D eigenvalue weighted by Crippen LogP contribution is -2.37. The lowest BCUT2D eigenvalue weighted by Gasteiger charge is -2.15. The van der Waals surface area contributed by atoms with Gasteiger partial charge in [0.2, 0.25) is 5.71 Å². The molecular formula is C19H16F6N2. The lowest BCUT2D eigenvalue weighted by molar-refractivity contribution is -0.117. The fourth-order valence-electron chi connectivity index (χ4n) is 2.59. The molecule has 0 saturated carbocycles. The van der Waals surface area contributed by atoms with Crippen molar-refractivity contribution in [3.63, 3.8) is 0 Å². The number of aliphatic imine (C=N–C) groups is 2. The molecule has 2 nitrogen and oxygen atoms in total. The number of hydrogen-bond acceptors (Lipinski definition) is 1. The molecule has 0 N–H and O–H groups in total. The SMILES string of the molecule is Cc1cc(C)c(N=C(N=C(C(F)(F)F)C(F)(F)F)c2ccccc2)c(C)c1. The van der Waals surface area contributed by atoms with Crippen LogP contribution in [0.1, 0.15) is 22.3 Å². The molecule has 0 aliphatic carbocycles. The van der Waals surface area contributed by atoms with Crippen LogP contribution in [-0.4, -0.2) is 23.9 Å². The number of nitrogens with zero attached hydrogens (tertiary/aromatic N) is 2. The first-order chi connectivity index (χ1) is 12.4. The number of halogens is 6. The molecule has 27 heavy (non-hydrogen) atoms. The fourth-order valence-corrected chi connectivity index (χ4v) is 2.59. The lowest BCUT2D eigenvalue weighted by atomic mass is 10.1. The van der Waals surface area contributed by atoms with Crippen molar-refractivity contribution in [2.24, 2.45) is 9.98 Å². The smallest absolute Gasteiger partial charge is 0.228 e. The van der Waals surface area contributed by atoms with Crippen LogP contribution >= 0.6 is 0 Å². The van der Waals surface area contributed by atoms with E-state index in [1.165, 1.54) is 24.3 Å². The van der Waals surface area contributed by atoms with Crippen molar-refractivity contribution >= 4 is 17.2 Å². The Hall–Kier alpha value is -2.64. The van der Waals surface area contributed by atoms with Crippen molar-refractivity contribution in [3.05, 3.63) is 64.7 Å². The topological polar surface area (TPSA) is 24.7 Å². The van der Waals surface area contributed by atoms with Crippen LogP contribution in [0.15, 0.2) is 52.4 Å². The zero-order valence-corrected chi connectivity index (χ0v) is 14.7. The largest absolute Gasteiger partial charge is 0.438 e. The molecule has 0 aliphatic rings. The number of hydrogen-bond donors (Lipinski definition) is 0. The summed E-state index contributed by atoms with van der Waals surface area (Å²) >= 11 is 0. The summed E-state index contributed by atoms with van der Waals surface area (Å²) in [4.78, 5) is 6.97. The summed E-state index contributed by atoms with van der Waals surface area (Å²) in [6, 6.07) is 10.7. The molecule has 0 bridgehead atoms. The van der Waals surface area contributed by atoms with Crippen LogP contribution in [0.2, 0.25) is 0 Å². The van der Waals surface area contributed by atoms with Crippen molar-refractivity contribution in [1.82, 2.24) is 0 Å². The van der Waals surface area contributed by atoms with Crippen LogP contribution in [0.3, 0.4) is 0 Å². The van der Waals surface area contributed by atoms with Gasteiger partial charge in [0.25, 0.3) is 0 Å². The number of benzene rings is 2. The Morgan fingerprint density at radius 3 is 1.70 bits per heavy atom. The normalized spacial score (nSPS) is 12.9. The highest BCUT2D eigenvalue weighted by Crippen LogP contribution is 2.32. The Kier molecular flexibility index (Phi) is 5.77. The van der Waals surface area contributed by atoms with Crippen LogP contribution in [0.25, 0.3) is 0 Å². The summed E-state index contributed by atoms with van der Waals surface area (Å²) in [7, 11) is 0. The summed E-state index contributed by atoms with van der Waals surface area (Å²) in [6.07, 6.45) is -11.3. The highest BCUT2D eigenvalue weighted by atomic mass is 19.4. The van der Waals surface area contributed by atoms with Gasteiger partial charge < -0.3 is 0 Å². The first-order valence-electron chi connectivity index (χ1n) is 7.84. The Bertz CT molecular complexity index is 838. The minimum absolute atomic E-state index is 0.0443. The summed E-state index contributed by atoms with van der Waals surface area (Å²) in [5.41, 5.74) is -0.372. The second kappa shape index (κ2) is 7.54. The number of aryl methyl sites for hydroxylation is 3. The van der Waals surface area contributed by atoms with Gasteiger partial charge in [0.15, 0.2) is 5.84 Å². The minimum Gasteiger partial charge on any atom is -0.228 e. The van der Waals surface area contributed by atoms with E-state index in [2.05, 4.69) is 9.98 Å². The summed E-state index contributed by atoms with van der Waals surface area (Å²) < 4.78 is 77.6. The summed E-state index contributed by atoms with van der Waals surface area (Å²) in [5.74, 6) is -0.657. The minimum atomic E-state index is -5.66. The van der Waals surface area contributed by atoms with E-state index in [1.54, 1.807) is 32.0 Å². The molecule has 144 valence electrons. The first-order valence-corrected chi connectivity index (χ1v) is 7.84. The molecule has 2 aromatic carbocycles. The first kappa shape index (κ1) is 20.7. The van der Waals surface area contributed by atoms with Crippen LogP contribution in [0.5, 0.6) is 0 Å². The molecule has 0 amide bonds. The monoisotopic (exact) mass is 386 g/mol. The van der Waals surface area contributed by atoms with Gasteiger partial charge in [-0.05, 0) is 31.9 Å². The molecule has 0 atom stereocenters. The highest BCUT2D eigenvalue weighted by Gasteiger charge is 2.53. The maximum Gasteiger partial charge on any atom is 0.438 e. The predicted molar refractivity (Wildman–Crippen MR) is 92.8 cm³/mol. The Morgan fingerprint density at radius 2 is 1.26 bits per heavy atom. The zero-order chi connectivity index (χ0) is 20.4. The molecule has 0 heterocycles. The Morgan fingerprint density at radius 1 is 0.778 bits per heavy atom. The van der Waals surface area contributed by atoms with Crippen molar-refractivity contribution < 1.29 is 26.3 Å². The highest BCUT2D eigenvalue weighted by molar-refractivity contribution is 6.11. The molecule has 0 aromatic heterocycles. The van der Waals surface area contributed by atoms with E-state index in [9.17, 15) is 26.3 Å². The molecular weight excluding hydrogens is 370 g/mol. The van der Waals surface area contributed by atoms with Crippen molar-refractivity contribution in [3.8, 4) is 0 Å². The van der Waals surface area contributed by atoms with Gasteiger partial charge in [0.05, 0.1) is 5.69 Å². The van der Waals surface area contributed by atoms with Gasteiger partial charge in [-0.3, -0.25) is 0 Å². The van der Waals surface area contributed by atoms with Crippen LogP contribution in [0, 0.1) is 20.8 Å². The second-order valence-electron chi connectivity index (χ2n) is 6.00. The second-order valence-corrected chi connectivity index (χ2v) is 6.00. The zero-order valence-electron chi connectivity index (χ0n) is 14.7. The Balaban J connectivity index is 2.76. The number of rotatable bonds is 2. The average molecular weight is 386 g/mol. The van der Waals surface area contributed by atoms with E-state index in [4.69, 9.17) is 0 Å². The molecule has 0 fully saturated rings. The third kappa shape index (κ3) is 5.18. The maximum absolute atomic E-state index is 12.9. The van der Waals surface area contributed by atoms with Gasteiger partial charge >= 0.3 is 12.4 Å². The molecule has 0 aliphatic heterocycles.